The van der Waals surface area contributed by atoms with Gasteiger partial charge in [-0.2, -0.15) is 0 Å². The van der Waals surface area contributed by atoms with Crippen LogP contribution in [0.15, 0.2) is 36.7 Å². The lowest BCUT2D eigenvalue weighted by Crippen LogP contribution is -2.28. The van der Waals surface area contributed by atoms with Crippen molar-refractivity contribution in [3.05, 3.63) is 59.3 Å². The molecule has 0 aliphatic heterocycles. The first-order valence-corrected chi connectivity index (χ1v) is 8.45. The molecule has 2 N–H and O–H groups in total. The van der Waals surface area contributed by atoms with Gasteiger partial charge >= 0.3 is 0 Å². The van der Waals surface area contributed by atoms with Gasteiger partial charge in [-0.05, 0) is 39.8 Å². The largest absolute Gasteiger partial charge is 0.282 e. The van der Waals surface area contributed by atoms with Crippen LogP contribution in [-0.4, -0.2) is 30.6 Å². The van der Waals surface area contributed by atoms with Gasteiger partial charge in [-0.1, -0.05) is 17.2 Å². The highest BCUT2D eigenvalue weighted by Gasteiger charge is 2.05. The van der Waals surface area contributed by atoms with Crippen molar-refractivity contribution in [2.75, 3.05) is 5.43 Å². The average molecular weight is 363 g/mol. The molecule has 2 aromatic heterocycles. The summed E-state index contributed by atoms with van der Waals surface area (Å²) in [7, 11) is 0. The van der Waals surface area contributed by atoms with Crippen LogP contribution in [0.4, 0.5) is 5.82 Å². The topological polar surface area (TPSA) is 97.6 Å². The minimum atomic E-state index is -0.340. The Labute approximate surface area is 157 Å². The Morgan fingerprint density at radius 1 is 1.04 bits per heavy atom. The van der Waals surface area contributed by atoms with Gasteiger partial charge < -0.3 is 0 Å². The second kappa shape index (κ2) is 7.77. The van der Waals surface area contributed by atoms with Crippen LogP contribution < -0.4 is 10.9 Å². The third-order valence-electron chi connectivity index (χ3n) is 3.65. The Morgan fingerprint density at radius 2 is 1.78 bits per heavy atom. The molecule has 27 heavy (non-hydrogen) atoms. The standard InChI is InChI=1S/C19H21N7O/c1-12-7-13(2)9-16(8-12)19-20-11-26(25-19)6-5-18(27)24-23-17-10-14(3)21-15(4)22-17/h5-11H,1-4H3,(H,24,27)(H,21,22,23)/b6-5-. The van der Waals surface area contributed by atoms with Crippen LogP contribution in [0, 0.1) is 27.7 Å². The lowest BCUT2D eigenvalue weighted by atomic mass is 10.1. The van der Waals surface area contributed by atoms with E-state index in [4.69, 9.17) is 0 Å². The molecule has 0 aliphatic rings. The molecule has 3 aromatic rings. The van der Waals surface area contributed by atoms with Crippen molar-refractivity contribution >= 4 is 17.9 Å². The fraction of sp³-hybridized carbons (Fsp3) is 0.211. The first-order chi connectivity index (χ1) is 12.9. The Bertz CT molecular complexity index is 967. The van der Waals surface area contributed by atoms with Gasteiger partial charge in [0.15, 0.2) is 5.82 Å². The first-order valence-electron chi connectivity index (χ1n) is 8.45. The summed E-state index contributed by atoms with van der Waals surface area (Å²) in [6.07, 6.45) is 4.45. The Balaban J connectivity index is 1.62. The van der Waals surface area contributed by atoms with E-state index >= 15 is 0 Å². The number of hydrogen-bond acceptors (Lipinski definition) is 6. The number of aromatic nitrogens is 5. The van der Waals surface area contributed by atoms with Gasteiger partial charge in [-0.3, -0.25) is 15.6 Å². The maximum atomic E-state index is 12.0. The molecule has 1 aromatic carbocycles. The minimum Gasteiger partial charge on any atom is -0.282 e. The molecule has 0 saturated heterocycles. The van der Waals surface area contributed by atoms with E-state index in [1.807, 2.05) is 32.9 Å². The van der Waals surface area contributed by atoms with Gasteiger partial charge in [0.05, 0.1) is 0 Å². The predicted octanol–water partition coefficient (Wildman–Crippen LogP) is 2.58. The van der Waals surface area contributed by atoms with Crippen molar-refractivity contribution in [3.8, 4) is 11.4 Å². The summed E-state index contributed by atoms with van der Waals surface area (Å²) in [5.74, 6) is 1.42. The molecule has 0 atom stereocenters. The zero-order valence-electron chi connectivity index (χ0n) is 15.7. The summed E-state index contributed by atoms with van der Waals surface area (Å²) in [6.45, 7) is 7.72. The zero-order chi connectivity index (χ0) is 19.4. The molecule has 138 valence electrons. The van der Waals surface area contributed by atoms with Crippen LogP contribution in [0.2, 0.25) is 0 Å². The quantitative estimate of drug-likeness (QED) is 0.534. The minimum absolute atomic E-state index is 0.340. The van der Waals surface area contributed by atoms with Crippen LogP contribution in [0.5, 0.6) is 0 Å². The van der Waals surface area contributed by atoms with Gasteiger partial charge in [0, 0.05) is 29.6 Å². The summed E-state index contributed by atoms with van der Waals surface area (Å²) in [5, 5.41) is 4.37. The molecular formula is C19H21N7O. The van der Waals surface area contributed by atoms with Gasteiger partial charge in [0.25, 0.3) is 5.91 Å². The second-order valence-electron chi connectivity index (χ2n) is 6.30. The van der Waals surface area contributed by atoms with Gasteiger partial charge in [-0.25, -0.2) is 19.6 Å². The molecule has 0 aliphatic carbocycles. The monoisotopic (exact) mass is 363 g/mol. The van der Waals surface area contributed by atoms with Crippen molar-refractivity contribution in [2.24, 2.45) is 0 Å². The van der Waals surface area contributed by atoms with Crippen molar-refractivity contribution in [2.45, 2.75) is 27.7 Å². The molecular weight excluding hydrogens is 342 g/mol. The highest BCUT2D eigenvalue weighted by molar-refractivity contribution is 5.90. The number of anilines is 1. The number of carbonyl (C=O) groups is 1. The third kappa shape index (κ3) is 4.97. The number of hydrogen-bond donors (Lipinski definition) is 2. The average Bonchev–Trinajstić information content (AvgIpc) is 3.05. The summed E-state index contributed by atoms with van der Waals surface area (Å²) in [6, 6.07) is 7.89. The smallest absolute Gasteiger partial charge is 0.263 e. The van der Waals surface area contributed by atoms with Crippen LogP contribution in [0.3, 0.4) is 0 Å². The molecule has 0 saturated carbocycles. The Hall–Kier alpha value is -3.55. The highest BCUT2D eigenvalue weighted by Crippen LogP contribution is 2.18. The van der Waals surface area contributed by atoms with Gasteiger partial charge in [0.2, 0.25) is 0 Å². The summed E-state index contributed by atoms with van der Waals surface area (Å²) in [4.78, 5) is 24.6. The third-order valence-corrected chi connectivity index (χ3v) is 3.65. The molecule has 8 nitrogen and oxygen atoms in total. The maximum Gasteiger partial charge on any atom is 0.263 e. The van der Waals surface area contributed by atoms with E-state index in [1.54, 1.807) is 19.3 Å². The SMILES string of the molecule is Cc1cc(C)cc(-c2ncn(/C=C\C(=O)NNc3cc(C)nc(C)n3)n2)c1. The second-order valence-corrected chi connectivity index (χ2v) is 6.30. The van der Waals surface area contributed by atoms with Crippen LogP contribution >= 0.6 is 0 Å². The number of hydrazine groups is 1. The number of aryl methyl sites for hydroxylation is 4. The molecule has 2 heterocycles. The molecule has 1 amide bonds. The number of nitrogens with zero attached hydrogens (tertiary/aromatic N) is 5. The maximum absolute atomic E-state index is 12.0. The fourth-order valence-electron chi connectivity index (χ4n) is 2.68. The highest BCUT2D eigenvalue weighted by atomic mass is 16.2. The number of rotatable bonds is 5. The lowest BCUT2D eigenvalue weighted by Gasteiger charge is -2.06. The van der Waals surface area contributed by atoms with E-state index in [1.165, 1.54) is 17.0 Å². The van der Waals surface area contributed by atoms with Crippen molar-refractivity contribution in [3.63, 3.8) is 0 Å². The number of nitrogens with one attached hydrogen (secondary N) is 2. The van der Waals surface area contributed by atoms with Crippen LogP contribution in [0.1, 0.15) is 22.6 Å². The molecule has 0 bridgehead atoms. The van der Waals surface area contributed by atoms with E-state index in [-0.39, 0.29) is 5.91 Å². The summed E-state index contributed by atoms with van der Waals surface area (Å²) < 4.78 is 1.49. The van der Waals surface area contributed by atoms with Crippen LogP contribution in [0.25, 0.3) is 17.6 Å². The normalized spacial score (nSPS) is 11.0. The number of carbonyl (C=O) groups excluding carboxylic acids is 1. The Morgan fingerprint density at radius 3 is 2.48 bits per heavy atom. The van der Waals surface area contributed by atoms with E-state index in [2.05, 4.69) is 37.0 Å². The molecule has 0 fully saturated rings. The van der Waals surface area contributed by atoms with E-state index in [9.17, 15) is 4.79 Å². The number of benzene rings is 1. The fourth-order valence-corrected chi connectivity index (χ4v) is 2.68. The van der Waals surface area contributed by atoms with Crippen LogP contribution in [-0.2, 0) is 4.79 Å². The molecule has 0 spiro atoms. The van der Waals surface area contributed by atoms with Gasteiger partial charge in [0.1, 0.15) is 18.0 Å². The molecule has 0 unspecified atom stereocenters. The van der Waals surface area contributed by atoms with E-state index in [0.717, 1.165) is 22.4 Å². The summed E-state index contributed by atoms with van der Waals surface area (Å²) >= 11 is 0. The van der Waals surface area contributed by atoms with Gasteiger partial charge in [-0.15, -0.1) is 5.10 Å². The molecule has 3 rings (SSSR count). The lowest BCUT2D eigenvalue weighted by molar-refractivity contribution is -0.116. The Kier molecular flexibility index (Phi) is 5.25. The summed E-state index contributed by atoms with van der Waals surface area (Å²) in [5.41, 5.74) is 9.37. The van der Waals surface area contributed by atoms with Crippen molar-refractivity contribution in [1.82, 2.24) is 30.2 Å². The zero-order valence-corrected chi connectivity index (χ0v) is 15.7. The molecule has 8 heteroatoms. The number of amides is 1. The van der Waals surface area contributed by atoms with E-state index < -0.39 is 0 Å². The van der Waals surface area contributed by atoms with E-state index in [0.29, 0.717) is 17.5 Å². The van der Waals surface area contributed by atoms with Crippen molar-refractivity contribution < 1.29 is 4.79 Å². The van der Waals surface area contributed by atoms with Crippen molar-refractivity contribution in [1.29, 1.82) is 0 Å². The first kappa shape index (κ1) is 18.2. The predicted molar refractivity (Wildman–Crippen MR) is 104 cm³/mol. The molecule has 0 radical (unpaired) electrons.